The van der Waals surface area contributed by atoms with Crippen LogP contribution in [-0.2, 0) is 6.54 Å². The van der Waals surface area contributed by atoms with E-state index in [1.807, 2.05) is 24.3 Å². The van der Waals surface area contributed by atoms with Gasteiger partial charge >= 0.3 is 0 Å². The Balaban J connectivity index is 1.59. The molecule has 0 saturated carbocycles. The molecule has 0 aliphatic rings. The van der Waals surface area contributed by atoms with Crippen molar-refractivity contribution in [2.75, 3.05) is 0 Å². The van der Waals surface area contributed by atoms with Crippen LogP contribution in [0, 0.1) is 0 Å². The minimum atomic E-state index is -0.386. The Morgan fingerprint density at radius 3 is 2.80 bits per heavy atom. The molecule has 0 saturated heterocycles. The van der Waals surface area contributed by atoms with Gasteiger partial charge in [0.25, 0.3) is 5.91 Å². The first-order valence-electron chi connectivity index (χ1n) is 7.50. The lowest BCUT2D eigenvalue weighted by Gasteiger charge is -2.02. The van der Waals surface area contributed by atoms with E-state index in [1.165, 1.54) is 6.21 Å². The maximum absolute atomic E-state index is 12.1. The van der Waals surface area contributed by atoms with Crippen LogP contribution in [0.2, 0.25) is 0 Å². The third-order valence-corrected chi connectivity index (χ3v) is 3.87. The van der Waals surface area contributed by atoms with Crippen molar-refractivity contribution in [3.63, 3.8) is 0 Å². The number of phenols is 1. The first-order chi connectivity index (χ1) is 12.1. The maximum atomic E-state index is 12.1. The number of amides is 1. The van der Waals surface area contributed by atoms with Crippen LogP contribution < -0.4 is 5.43 Å². The van der Waals surface area contributed by atoms with Crippen molar-refractivity contribution in [3.8, 4) is 5.75 Å². The van der Waals surface area contributed by atoms with Gasteiger partial charge in [0.2, 0.25) is 0 Å². The summed E-state index contributed by atoms with van der Waals surface area (Å²) in [7, 11) is 0. The summed E-state index contributed by atoms with van der Waals surface area (Å²) in [6, 6.07) is 16.0. The van der Waals surface area contributed by atoms with Gasteiger partial charge in [-0.25, -0.2) is 5.43 Å². The van der Waals surface area contributed by atoms with E-state index < -0.39 is 0 Å². The summed E-state index contributed by atoms with van der Waals surface area (Å²) in [5.74, 6) is -0.208. The van der Waals surface area contributed by atoms with Crippen LogP contribution in [0.3, 0.4) is 0 Å². The molecule has 0 bridgehead atoms. The van der Waals surface area contributed by atoms with Crippen molar-refractivity contribution in [1.29, 1.82) is 0 Å². The molecule has 6 nitrogen and oxygen atoms in total. The smallest absolute Gasteiger partial charge is 0.291 e. The van der Waals surface area contributed by atoms with Crippen LogP contribution in [0.5, 0.6) is 5.75 Å². The number of nitrogens with zero attached hydrogens (tertiary/aromatic N) is 3. The summed E-state index contributed by atoms with van der Waals surface area (Å²) in [5.41, 5.74) is 4.56. The number of hydrogen-bond acceptors (Lipinski definition) is 4. The molecule has 0 unspecified atom stereocenters. The zero-order chi connectivity index (χ0) is 17.6. The lowest BCUT2D eigenvalue weighted by Crippen LogP contribution is -2.18. The molecule has 0 atom stereocenters. The first kappa shape index (κ1) is 16.9. The molecule has 1 amide bonds. The molecule has 0 radical (unpaired) electrons. The third kappa shape index (κ3) is 4.77. The van der Waals surface area contributed by atoms with E-state index in [9.17, 15) is 9.90 Å². The largest absolute Gasteiger partial charge is 0.508 e. The summed E-state index contributed by atoms with van der Waals surface area (Å²) in [5, 5.41) is 17.4. The van der Waals surface area contributed by atoms with Crippen LogP contribution >= 0.6 is 15.9 Å². The highest BCUT2D eigenvalue weighted by Gasteiger charge is 2.08. The number of phenolic OH excluding ortho intramolecular Hbond substituents is 1. The van der Waals surface area contributed by atoms with Gasteiger partial charge in [0, 0.05) is 10.7 Å². The fourth-order valence-corrected chi connectivity index (χ4v) is 2.62. The predicted octanol–water partition coefficient (Wildman–Crippen LogP) is 3.16. The number of aromatic hydroxyl groups is 1. The van der Waals surface area contributed by atoms with Gasteiger partial charge in [0.05, 0.1) is 12.8 Å². The van der Waals surface area contributed by atoms with Gasteiger partial charge in [-0.2, -0.15) is 10.2 Å². The number of carbonyl (C=O) groups excluding carboxylic acids is 1. The second-order valence-electron chi connectivity index (χ2n) is 5.32. The topological polar surface area (TPSA) is 79.5 Å². The van der Waals surface area contributed by atoms with Crippen LogP contribution in [0.15, 0.2) is 70.4 Å². The molecule has 0 fully saturated rings. The van der Waals surface area contributed by atoms with E-state index in [1.54, 1.807) is 41.2 Å². The summed E-state index contributed by atoms with van der Waals surface area (Å²) in [6.07, 6.45) is 3.25. The minimum absolute atomic E-state index is 0.178. The van der Waals surface area contributed by atoms with E-state index in [0.29, 0.717) is 6.54 Å². The van der Waals surface area contributed by atoms with Crippen molar-refractivity contribution in [2.24, 2.45) is 5.10 Å². The number of halogens is 1. The molecule has 126 valence electrons. The van der Waals surface area contributed by atoms with Crippen LogP contribution in [0.25, 0.3) is 0 Å². The molecule has 0 aliphatic heterocycles. The van der Waals surface area contributed by atoms with E-state index in [2.05, 4.69) is 31.6 Å². The molecule has 1 heterocycles. The molecule has 2 N–H and O–H groups in total. The van der Waals surface area contributed by atoms with Crippen molar-refractivity contribution >= 4 is 28.1 Å². The van der Waals surface area contributed by atoms with Crippen molar-refractivity contribution in [1.82, 2.24) is 15.2 Å². The van der Waals surface area contributed by atoms with Gasteiger partial charge in [0.1, 0.15) is 5.75 Å². The number of carbonyl (C=O) groups is 1. The molecule has 0 aliphatic carbocycles. The quantitative estimate of drug-likeness (QED) is 0.511. The van der Waals surface area contributed by atoms with Gasteiger partial charge in [-0.05, 0) is 53.6 Å². The summed E-state index contributed by atoms with van der Waals surface area (Å²) in [4.78, 5) is 12.1. The Morgan fingerprint density at radius 2 is 2.04 bits per heavy atom. The van der Waals surface area contributed by atoms with E-state index >= 15 is 0 Å². The molecule has 1 aromatic heterocycles. The molecule has 7 heteroatoms. The third-order valence-electron chi connectivity index (χ3n) is 3.38. The second kappa shape index (κ2) is 7.76. The Bertz CT molecular complexity index is 903. The molecule has 3 rings (SSSR count). The lowest BCUT2D eigenvalue weighted by atomic mass is 10.2. The van der Waals surface area contributed by atoms with Crippen LogP contribution in [0.1, 0.15) is 21.6 Å². The number of benzene rings is 2. The fraction of sp³-hybridized carbons (Fsp3) is 0.0556. The normalized spacial score (nSPS) is 10.9. The van der Waals surface area contributed by atoms with Gasteiger partial charge < -0.3 is 5.11 Å². The molecular weight excluding hydrogens is 384 g/mol. The molecular formula is C18H15BrN4O2. The number of rotatable bonds is 5. The van der Waals surface area contributed by atoms with Gasteiger partial charge in [-0.1, -0.05) is 28.1 Å². The van der Waals surface area contributed by atoms with Gasteiger partial charge in [-0.3, -0.25) is 9.48 Å². The molecule has 3 aromatic rings. The van der Waals surface area contributed by atoms with Crippen molar-refractivity contribution in [2.45, 2.75) is 6.54 Å². The minimum Gasteiger partial charge on any atom is -0.508 e. The summed E-state index contributed by atoms with van der Waals surface area (Å²) in [6.45, 7) is 0.573. The Kier molecular flexibility index (Phi) is 5.25. The number of hydrazone groups is 1. The van der Waals surface area contributed by atoms with Crippen LogP contribution in [-0.4, -0.2) is 27.0 Å². The van der Waals surface area contributed by atoms with Crippen molar-refractivity contribution in [3.05, 3.63) is 82.1 Å². The van der Waals surface area contributed by atoms with E-state index in [-0.39, 0.29) is 17.4 Å². The Morgan fingerprint density at radius 1 is 1.24 bits per heavy atom. The second-order valence-corrected chi connectivity index (χ2v) is 6.23. The van der Waals surface area contributed by atoms with E-state index in [0.717, 1.165) is 15.6 Å². The highest BCUT2D eigenvalue weighted by Crippen LogP contribution is 2.12. The molecule has 2 aromatic carbocycles. The predicted molar refractivity (Wildman–Crippen MR) is 98.6 cm³/mol. The number of hydrogen-bond donors (Lipinski definition) is 2. The first-order valence-corrected chi connectivity index (χ1v) is 8.30. The highest BCUT2D eigenvalue weighted by molar-refractivity contribution is 9.10. The summed E-state index contributed by atoms with van der Waals surface area (Å²) < 4.78 is 2.69. The summed E-state index contributed by atoms with van der Waals surface area (Å²) >= 11 is 3.43. The van der Waals surface area contributed by atoms with Crippen LogP contribution in [0.4, 0.5) is 0 Å². The zero-order valence-corrected chi connectivity index (χ0v) is 14.7. The Labute approximate surface area is 152 Å². The lowest BCUT2D eigenvalue weighted by molar-refractivity contribution is 0.0949. The average Bonchev–Trinajstić information content (AvgIpc) is 3.05. The van der Waals surface area contributed by atoms with Gasteiger partial charge in [-0.15, -0.1) is 0 Å². The highest BCUT2D eigenvalue weighted by atomic mass is 79.9. The number of aromatic nitrogens is 2. The standard InChI is InChI=1S/C18H15BrN4O2/c19-15-3-1-2-14(10-15)12-23-9-8-17(22-23)18(25)21-20-11-13-4-6-16(24)7-5-13/h1-11,24H,12H2,(H,21,25)/b20-11+. The molecule has 0 spiro atoms. The van der Waals surface area contributed by atoms with E-state index in [4.69, 9.17) is 0 Å². The van der Waals surface area contributed by atoms with Crippen molar-refractivity contribution < 1.29 is 9.90 Å². The van der Waals surface area contributed by atoms with Gasteiger partial charge in [0.15, 0.2) is 5.69 Å². The fourth-order valence-electron chi connectivity index (χ4n) is 2.18. The monoisotopic (exact) mass is 398 g/mol. The maximum Gasteiger partial charge on any atom is 0.291 e. The SMILES string of the molecule is O=C(N/N=C/c1ccc(O)cc1)c1ccn(Cc2cccc(Br)c2)n1. The average molecular weight is 399 g/mol. The molecule has 25 heavy (non-hydrogen) atoms. The number of nitrogens with one attached hydrogen (secondary N) is 1. The Hall–Kier alpha value is -2.93. The zero-order valence-electron chi connectivity index (χ0n) is 13.1.